The fourth-order valence-electron chi connectivity index (χ4n) is 2.09. The lowest BCUT2D eigenvalue weighted by atomic mass is 10.1. The van der Waals surface area contributed by atoms with E-state index < -0.39 is 23.5 Å². The number of carboxylic acids is 1. The standard InChI is InChI=1S/C16H17NO6/c1-3-10-6-15(19)23-13-7-11(4-5-12(10)13)22-8-14(18)17-9(2)16(20)21/h4-7,9H,3,8H2,1-2H3,(H,17,18)(H,20,21)/t9-/m0/s1. The largest absolute Gasteiger partial charge is 0.484 e. The summed E-state index contributed by atoms with van der Waals surface area (Å²) in [5.41, 5.74) is 0.807. The first kappa shape index (κ1) is 16.5. The Balaban J connectivity index is 2.11. The number of hydrogen-bond acceptors (Lipinski definition) is 5. The molecule has 122 valence electrons. The van der Waals surface area contributed by atoms with Gasteiger partial charge in [0.25, 0.3) is 5.91 Å². The average molecular weight is 319 g/mol. The summed E-state index contributed by atoms with van der Waals surface area (Å²) in [4.78, 5) is 33.7. The highest BCUT2D eigenvalue weighted by Crippen LogP contribution is 2.22. The first-order chi connectivity index (χ1) is 10.9. The molecule has 0 fully saturated rings. The normalized spacial score (nSPS) is 11.9. The minimum absolute atomic E-state index is 0.333. The number of amides is 1. The molecule has 0 aliphatic carbocycles. The number of hydrogen-bond donors (Lipinski definition) is 2. The fourth-order valence-corrected chi connectivity index (χ4v) is 2.09. The number of fused-ring (bicyclic) bond motifs is 1. The van der Waals surface area contributed by atoms with Crippen molar-refractivity contribution in [2.24, 2.45) is 0 Å². The van der Waals surface area contributed by atoms with Gasteiger partial charge in [0.2, 0.25) is 0 Å². The van der Waals surface area contributed by atoms with Gasteiger partial charge >= 0.3 is 11.6 Å². The Bertz CT molecular complexity index is 795. The van der Waals surface area contributed by atoms with Crippen LogP contribution in [0.1, 0.15) is 19.4 Å². The lowest BCUT2D eigenvalue weighted by Crippen LogP contribution is -2.40. The van der Waals surface area contributed by atoms with Gasteiger partial charge in [-0.2, -0.15) is 0 Å². The van der Waals surface area contributed by atoms with Crippen LogP contribution in [0.5, 0.6) is 5.75 Å². The van der Waals surface area contributed by atoms with Crippen molar-refractivity contribution >= 4 is 22.8 Å². The van der Waals surface area contributed by atoms with E-state index >= 15 is 0 Å². The van der Waals surface area contributed by atoms with Crippen molar-refractivity contribution in [3.8, 4) is 5.75 Å². The minimum Gasteiger partial charge on any atom is -0.484 e. The molecule has 23 heavy (non-hydrogen) atoms. The zero-order chi connectivity index (χ0) is 17.0. The topological polar surface area (TPSA) is 106 Å². The molecule has 1 aromatic heterocycles. The molecule has 0 spiro atoms. The van der Waals surface area contributed by atoms with Gasteiger partial charge in [-0.3, -0.25) is 9.59 Å². The summed E-state index contributed by atoms with van der Waals surface area (Å²) in [6.07, 6.45) is 0.692. The first-order valence-electron chi connectivity index (χ1n) is 7.12. The van der Waals surface area contributed by atoms with Gasteiger partial charge in [-0.1, -0.05) is 6.92 Å². The minimum atomic E-state index is -1.13. The van der Waals surface area contributed by atoms with Crippen LogP contribution >= 0.6 is 0 Å². The van der Waals surface area contributed by atoms with Crippen LogP contribution in [-0.4, -0.2) is 29.6 Å². The number of carbonyl (C=O) groups excluding carboxylic acids is 1. The molecule has 0 aliphatic rings. The Kier molecular flexibility index (Phi) is 5.00. The van der Waals surface area contributed by atoms with Crippen molar-refractivity contribution < 1.29 is 23.8 Å². The number of ether oxygens (including phenoxy) is 1. The molecule has 0 saturated heterocycles. The maximum absolute atomic E-state index is 11.6. The molecular weight excluding hydrogens is 302 g/mol. The molecule has 7 nitrogen and oxygen atoms in total. The van der Waals surface area contributed by atoms with E-state index in [-0.39, 0.29) is 6.61 Å². The predicted molar refractivity (Wildman–Crippen MR) is 82.6 cm³/mol. The monoisotopic (exact) mass is 319 g/mol. The summed E-state index contributed by atoms with van der Waals surface area (Å²) >= 11 is 0. The molecule has 1 atom stereocenters. The number of aryl methyl sites for hydroxylation is 1. The van der Waals surface area contributed by atoms with E-state index in [9.17, 15) is 14.4 Å². The summed E-state index contributed by atoms with van der Waals surface area (Å²) in [5, 5.41) is 11.8. The Morgan fingerprint density at radius 3 is 2.74 bits per heavy atom. The van der Waals surface area contributed by atoms with Crippen LogP contribution in [0.2, 0.25) is 0 Å². The summed E-state index contributed by atoms with van der Waals surface area (Å²) in [6.45, 7) is 2.96. The third-order valence-electron chi connectivity index (χ3n) is 3.30. The number of nitrogens with one attached hydrogen (secondary N) is 1. The van der Waals surface area contributed by atoms with Gasteiger partial charge in [0.05, 0.1) is 0 Å². The van der Waals surface area contributed by atoms with Gasteiger partial charge < -0.3 is 19.6 Å². The lowest BCUT2D eigenvalue weighted by Gasteiger charge is -2.11. The summed E-state index contributed by atoms with van der Waals surface area (Å²) in [6, 6.07) is 5.40. The number of aliphatic carboxylic acids is 1. The van der Waals surface area contributed by atoms with Crippen LogP contribution in [0.4, 0.5) is 0 Å². The van der Waals surface area contributed by atoms with E-state index in [0.29, 0.717) is 17.8 Å². The van der Waals surface area contributed by atoms with Crippen molar-refractivity contribution in [1.29, 1.82) is 0 Å². The van der Waals surface area contributed by atoms with Crippen LogP contribution in [-0.2, 0) is 16.0 Å². The van der Waals surface area contributed by atoms with Gasteiger partial charge in [0, 0.05) is 17.5 Å². The summed E-state index contributed by atoms with van der Waals surface area (Å²) in [7, 11) is 0. The average Bonchev–Trinajstić information content (AvgIpc) is 2.51. The van der Waals surface area contributed by atoms with Crippen LogP contribution in [0.3, 0.4) is 0 Å². The Labute approximate surface area is 131 Å². The highest BCUT2D eigenvalue weighted by molar-refractivity contribution is 5.84. The molecule has 2 rings (SSSR count). The molecule has 1 aromatic carbocycles. The highest BCUT2D eigenvalue weighted by atomic mass is 16.5. The van der Waals surface area contributed by atoms with Gasteiger partial charge in [-0.25, -0.2) is 4.79 Å². The van der Waals surface area contributed by atoms with Crippen molar-refractivity contribution in [3.05, 3.63) is 40.2 Å². The molecule has 0 bridgehead atoms. The molecule has 1 heterocycles. The molecule has 0 unspecified atom stereocenters. The molecule has 1 amide bonds. The zero-order valence-electron chi connectivity index (χ0n) is 12.8. The Morgan fingerprint density at radius 2 is 2.09 bits per heavy atom. The molecule has 2 aromatic rings. The van der Waals surface area contributed by atoms with E-state index in [1.165, 1.54) is 19.1 Å². The number of benzene rings is 1. The lowest BCUT2D eigenvalue weighted by molar-refractivity contribution is -0.141. The summed E-state index contributed by atoms with van der Waals surface area (Å²) < 4.78 is 10.4. The molecule has 7 heteroatoms. The van der Waals surface area contributed by atoms with E-state index in [2.05, 4.69) is 5.32 Å². The van der Waals surface area contributed by atoms with Crippen LogP contribution in [0.25, 0.3) is 11.0 Å². The van der Waals surface area contributed by atoms with Crippen molar-refractivity contribution in [2.75, 3.05) is 6.61 Å². The van der Waals surface area contributed by atoms with Gasteiger partial charge in [-0.15, -0.1) is 0 Å². The van der Waals surface area contributed by atoms with Crippen molar-refractivity contribution in [2.45, 2.75) is 26.3 Å². The molecule has 0 radical (unpaired) electrons. The van der Waals surface area contributed by atoms with E-state index in [1.807, 2.05) is 6.92 Å². The zero-order valence-corrected chi connectivity index (χ0v) is 12.8. The van der Waals surface area contributed by atoms with E-state index in [0.717, 1.165) is 10.9 Å². The second-order valence-electron chi connectivity index (χ2n) is 5.02. The third-order valence-corrected chi connectivity index (χ3v) is 3.30. The first-order valence-corrected chi connectivity index (χ1v) is 7.12. The third kappa shape index (κ3) is 4.09. The molecule has 0 saturated carbocycles. The van der Waals surface area contributed by atoms with Crippen LogP contribution < -0.4 is 15.7 Å². The number of carboxylic acid groups (broad SMARTS) is 1. The van der Waals surface area contributed by atoms with Gasteiger partial charge in [0.1, 0.15) is 17.4 Å². The van der Waals surface area contributed by atoms with Gasteiger partial charge in [-0.05, 0) is 31.0 Å². The van der Waals surface area contributed by atoms with Gasteiger partial charge in [0.15, 0.2) is 6.61 Å². The van der Waals surface area contributed by atoms with E-state index in [4.69, 9.17) is 14.3 Å². The predicted octanol–water partition coefficient (Wildman–Crippen LogP) is 1.32. The smallest absolute Gasteiger partial charge is 0.336 e. The molecular formula is C16H17NO6. The fraction of sp³-hybridized carbons (Fsp3) is 0.312. The second kappa shape index (κ2) is 6.95. The van der Waals surface area contributed by atoms with Crippen molar-refractivity contribution in [1.82, 2.24) is 5.32 Å². The maximum Gasteiger partial charge on any atom is 0.336 e. The Morgan fingerprint density at radius 1 is 1.35 bits per heavy atom. The van der Waals surface area contributed by atoms with E-state index in [1.54, 1.807) is 12.1 Å². The molecule has 2 N–H and O–H groups in total. The summed E-state index contributed by atoms with van der Waals surface area (Å²) in [5.74, 6) is -1.33. The number of carbonyl (C=O) groups is 2. The SMILES string of the molecule is CCc1cc(=O)oc2cc(OCC(=O)N[C@@H](C)C(=O)O)ccc12. The van der Waals surface area contributed by atoms with Crippen molar-refractivity contribution in [3.63, 3.8) is 0 Å². The quantitative estimate of drug-likeness (QED) is 0.778. The maximum atomic E-state index is 11.6. The van der Waals surface area contributed by atoms with Crippen LogP contribution in [0, 0.1) is 0 Å². The Hall–Kier alpha value is -2.83. The second-order valence-corrected chi connectivity index (χ2v) is 5.02. The highest BCUT2D eigenvalue weighted by Gasteiger charge is 2.14. The molecule has 0 aliphatic heterocycles. The number of rotatable bonds is 6. The van der Waals surface area contributed by atoms with Crippen LogP contribution in [0.15, 0.2) is 33.5 Å².